The van der Waals surface area contributed by atoms with Gasteiger partial charge in [0.2, 0.25) is 0 Å². The van der Waals surface area contributed by atoms with Crippen LogP contribution in [-0.2, 0) is 13.6 Å². The van der Waals surface area contributed by atoms with Crippen molar-refractivity contribution in [3.63, 3.8) is 0 Å². The van der Waals surface area contributed by atoms with E-state index in [0.717, 1.165) is 49.5 Å². The van der Waals surface area contributed by atoms with Crippen LogP contribution >= 0.6 is 24.0 Å². The Balaban J connectivity index is 0.00000320. The van der Waals surface area contributed by atoms with Crippen molar-refractivity contribution in [3.05, 3.63) is 41.5 Å². The van der Waals surface area contributed by atoms with Crippen LogP contribution in [0, 0.1) is 6.92 Å². The van der Waals surface area contributed by atoms with Crippen LogP contribution in [0.2, 0.25) is 0 Å². The van der Waals surface area contributed by atoms with Gasteiger partial charge >= 0.3 is 0 Å². The zero-order valence-corrected chi connectivity index (χ0v) is 20.7. The quantitative estimate of drug-likeness (QED) is 0.312. The first kappa shape index (κ1) is 24.4. The van der Waals surface area contributed by atoms with Crippen LogP contribution in [0.25, 0.3) is 0 Å². The molecular weight excluding hydrogens is 493 g/mol. The molecule has 1 aliphatic rings. The van der Waals surface area contributed by atoms with Crippen molar-refractivity contribution in [3.8, 4) is 5.75 Å². The summed E-state index contributed by atoms with van der Waals surface area (Å²) in [5.41, 5.74) is 1.29. The predicted octanol–water partition coefficient (Wildman–Crippen LogP) is 2.64. The summed E-state index contributed by atoms with van der Waals surface area (Å²) in [4.78, 5) is 7.26. The molecule has 1 aromatic heterocycles. The van der Waals surface area contributed by atoms with Crippen LogP contribution in [0.4, 0.5) is 0 Å². The zero-order chi connectivity index (χ0) is 20.6. The number of hydrogen-bond acceptors (Lipinski definition) is 5. The Morgan fingerprint density at radius 2 is 1.87 bits per heavy atom. The molecule has 2 aromatic rings. The van der Waals surface area contributed by atoms with Crippen LogP contribution in [0.1, 0.15) is 43.0 Å². The van der Waals surface area contributed by atoms with Gasteiger partial charge in [0.1, 0.15) is 18.1 Å². The lowest BCUT2D eigenvalue weighted by molar-refractivity contribution is 0.245. The lowest BCUT2D eigenvalue weighted by Gasteiger charge is -2.29. The van der Waals surface area contributed by atoms with E-state index in [0.29, 0.717) is 12.6 Å². The van der Waals surface area contributed by atoms with Crippen molar-refractivity contribution < 1.29 is 4.74 Å². The number of nitrogens with one attached hydrogen (secondary N) is 2. The van der Waals surface area contributed by atoms with E-state index in [1.165, 1.54) is 18.4 Å². The number of hydrogen-bond donors (Lipinski definition) is 2. The Kier molecular flexibility index (Phi) is 9.83. The molecule has 9 heteroatoms. The maximum absolute atomic E-state index is 5.32. The van der Waals surface area contributed by atoms with E-state index in [4.69, 9.17) is 9.73 Å². The van der Waals surface area contributed by atoms with E-state index >= 15 is 0 Å². The van der Waals surface area contributed by atoms with E-state index in [9.17, 15) is 0 Å². The summed E-state index contributed by atoms with van der Waals surface area (Å²) < 4.78 is 7.29. The van der Waals surface area contributed by atoms with Crippen LogP contribution in [0.3, 0.4) is 0 Å². The maximum atomic E-state index is 5.32. The topological polar surface area (TPSA) is 79.6 Å². The highest BCUT2D eigenvalue weighted by molar-refractivity contribution is 14.0. The molecule has 1 saturated heterocycles. The van der Waals surface area contributed by atoms with Crippen LogP contribution in [0.15, 0.2) is 29.3 Å². The third-order valence-corrected chi connectivity index (χ3v) is 5.45. The fourth-order valence-corrected chi connectivity index (χ4v) is 3.61. The molecule has 0 amide bonds. The third kappa shape index (κ3) is 6.31. The molecule has 1 fully saturated rings. The number of aromatic nitrogens is 3. The summed E-state index contributed by atoms with van der Waals surface area (Å²) in [6.07, 6.45) is 2.51. The average molecular weight is 527 g/mol. The van der Waals surface area contributed by atoms with Crippen LogP contribution in [-0.4, -0.2) is 58.9 Å². The van der Waals surface area contributed by atoms with Gasteiger partial charge in [-0.15, -0.1) is 34.2 Å². The summed E-state index contributed by atoms with van der Waals surface area (Å²) >= 11 is 0. The molecule has 0 radical (unpaired) electrons. The van der Waals surface area contributed by atoms with Gasteiger partial charge in [-0.2, -0.15) is 0 Å². The number of halogens is 1. The summed E-state index contributed by atoms with van der Waals surface area (Å²) in [7, 11) is 3.67. The number of methoxy groups -OCH3 is 1. The van der Waals surface area contributed by atoms with E-state index in [2.05, 4.69) is 44.8 Å². The van der Waals surface area contributed by atoms with E-state index < -0.39 is 0 Å². The summed E-state index contributed by atoms with van der Waals surface area (Å²) in [5.74, 6) is 3.43. The molecule has 0 saturated carbocycles. The number of guanidine groups is 1. The minimum Gasteiger partial charge on any atom is -0.497 e. The fourth-order valence-electron chi connectivity index (χ4n) is 3.61. The van der Waals surface area contributed by atoms with E-state index in [1.807, 2.05) is 30.7 Å². The van der Waals surface area contributed by atoms with E-state index in [-0.39, 0.29) is 24.0 Å². The molecule has 1 aromatic carbocycles. The first-order valence-electron chi connectivity index (χ1n) is 10.4. The molecule has 2 N–H and O–H groups in total. The normalized spacial score (nSPS) is 15.5. The number of benzene rings is 1. The Labute approximate surface area is 196 Å². The van der Waals surface area contributed by atoms with Gasteiger partial charge in [-0.1, -0.05) is 12.1 Å². The molecule has 0 spiro atoms. The molecule has 0 bridgehead atoms. The average Bonchev–Trinajstić information content (AvgIpc) is 3.38. The van der Waals surface area contributed by atoms with Gasteiger partial charge < -0.3 is 19.9 Å². The minimum absolute atomic E-state index is 0. The molecule has 2 heterocycles. The number of nitrogens with zero attached hydrogens (tertiary/aromatic N) is 5. The van der Waals surface area contributed by atoms with Gasteiger partial charge in [0.15, 0.2) is 11.8 Å². The van der Waals surface area contributed by atoms with Gasteiger partial charge in [0.05, 0.1) is 13.2 Å². The van der Waals surface area contributed by atoms with Crippen molar-refractivity contribution in [1.29, 1.82) is 0 Å². The van der Waals surface area contributed by atoms with Crippen LogP contribution in [0.5, 0.6) is 5.75 Å². The van der Waals surface area contributed by atoms with Crippen molar-refractivity contribution in [2.45, 2.75) is 39.3 Å². The highest BCUT2D eigenvalue weighted by Crippen LogP contribution is 2.26. The lowest BCUT2D eigenvalue weighted by Crippen LogP contribution is -2.42. The Hall–Kier alpha value is -1.88. The largest absolute Gasteiger partial charge is 0.497 e. The zero-order valence-electron chi connectivity index (χ0n) is 18.4. The highest BCUT2D eigenvalue weighted by Gasteiger charge is 2.23. The molecule has 166 valence electrons. The first-order chi connectivity index (χ1) is 14.1. The molecule has 1 aliphatic heterocycles. The smallest absolute Gasteiger partial charge is 0.191 e. The fraction of sp³-hybridized carbons (Fsp3) is 0.571. The maximum Gasteiger partial charge on any atom is 0.191 e. The predicted molar refractivity (Wildman–Crippen MR) is 131 cm³/mol. The monoisotopic (exact) mass is 527 g/mol. The number of rotatable bonds is 8. The standard InChI is InChI=1S/C21H33N7O.HI/c1-5-22-21(24-15-20-26-25-16(2)27(20)3)23-14-19(28-12-6-7-13-28)17-8-10-18(29-4)11-9-17;/h8-11,19H,5-7,12-15H2,1-4H3,(H2,22,23,24);1H. The lowest BCUT2D eigenvalue weighted by atomic mass is 10.1. The molecule has 8 nitrogen and oxygen atoms in total. The summed E-state index contributed by atoms with van der Waals surface area (Å²) in [5, 5.41) is 15.2. The van der Waals surface area contributed by atoms with Crippen LogP contribution < -0.4 is 15.4 Å². The van der Waals surface area contributed by atoms with Gasteiger partial charge in [0.25, 0.3) is 0 Å². The van der Waals surface area contributed by atoms with Crippen molar-refractivity contribution in [2.24, 2.45) is 12.0 Å². The minimum atomic E-state index is 0. The molecular formula is C21H34IN7O. The first-order valence-corrected chi connectivity index (χ1v) is 10.4. The number of aliphatic imine (C=N–C) groups is 1. The Bertz CT molecular complexity index is 800. The summed E-state index contributed by atoms with van der Waals surface area (Å²) in [6, 6.07) is 8.69. The molecule has 1 atom stereocenters. The van der Waals surface area contributed by atoms with Gasteiger partial charge in [-0.25, -0.2) is 4.99 Å². The second-order valence-corrected chi connectivity index (χ2v) is 7.33. The number of aryl methyl sites for hydroxylation is 1. The number of ether oxygens (including phenoxy) is 1. The van der Waals surface area contributed by atoms with Crippen molar-refractivity contribution >= 4 is 29.9 Å². The van der Waals surface area contributed by atoms with Gasteiger partial charge in [-0.05, 0) is 57.5 Å². The van der Waals surface area contributed by atoms with Gasteiger partial charge in [0, 0.05) is 20.1 Å². The second-order valence-electron chi connectivity index (χ2n) is 7.33. The SMILES string of the molecule is CCNC(=NCc1nnc(C)n1C)NCC(c1ccc(OC)cc1)N1CCCC1.I. The third-order valence-electron chi connectivity index (χ3n) is 5.45. The summed E-state index contributed by atoms with van der Waals surface area (Å²) in [6.45, 7) is 8.36. The molecule has 30 heavy (non-hydrogen) atoms. The van der Waals surface area contributed by atoms with Crippen molar-refractivity contribution in [1.82, 2.24) is 30.3 Å². The molecule has 3 rings (SSSR count). The number of likely N-dealkylation sites (tertiary alicyclic amines) is 1. The molecule has 0 aliphatic carbocycles. The van der Waals surface area contributed by atoms with Crippen molar-refractivity contribution in [2.75, 3.05) is 33.3 Å². The molecule has 1 unspecified atom stereocenters. The van der Waals surface area contributed by atoms with E-state index in [1.54, 1.807) is 7.11 Å². The second kappa shape index (κ2) is 12.1. The Morgan fingerprint density at radius 1 is 1.17 bits per heavy atom. The van der Waals surface area contributed by atoms with Gasteiger partial charge in [-0.3, -0.25) is 4.90 Å². The Morgan fingerprint density at radius 3 is 2.43 bits per heavy atom. The highest BCUT2D eigenvalue weighted by atomic mass is 127.